The van der Waals surface area contributed by atoms with Crippen molar-refractivity contribution in [1.82, 2.24) is 4.90 Å². The highest BCUT2D eigenvalue weighted by Crippen LogP contribution is 2.32. The molecule has 4 nitrogen and oxygen atoms in total. The largest absolute Gasteiger partial charge is 0.369 e. The topological polar surface area (TPSA) is 35.6 Å². The van der Waals surface area contributed by atoms with E-state index in [9.17, 15) is 4.79 Å². The molecular formula is C16H17Br2N3OS. The molecule has 0 atom stereocenters. The lowest BCUT2D eigenvalue weighted by Crippen LogP contribution is -2.44. The summed E-state index contributed by atoms with van der Waals surface area (Å²) in [6, 6.07) is 9.89. The molecule has 1 aromatic heterocycles. The van der Waals surface area contributed by atoms with Crippen LogP contribution in [0.1, 0.15) is 9.67 Å². The second-order valence-corrected chi connectivity index (χ2v) is 8.75. The molecule has 122 valence electrons. The zero-order chi connectivity index (χ0) is 16.4. The Labute approximate surface area is 156 Å². The van der Waals surface area contributed by atoms with Gasteiger partial charge in [0, 0.05) is 42.0 Å². The van der Waals surface area contributed by atoms with Crippen LogP contribution in [-0.4, -0.2) is 44.0 Å². The molecule has 0 bridgehead atoms. The van der Waals surface area contributed by atoms with Crippen molar-refractivity contribution in [2.45, 2.75) is 0 Å². The minimum Gasteiger partial charge on any atom is -0.369 e. The second-order valence-electron chi connectivity index (χ2n) is 5.52. The number of thiophene rings is 1. The molecule has 1 aromatic carbocycles. The monoisotopic (exact) mass is 457 g/mol. The van der Waals surface area contributed by atoms with Crippen LogP contribution in [0.25, 0.3) is 0 Å². The van der Waals surface area contributed by atoms with Crippen molar-refractivity contribution < 1.29 is 4.79 Å². The van der Waals surface area contributed by atoms with Crippen LogP contribution in [0.15, 0.2) is 38.6 Å². The van der Waals surface area contributed by atoms with Gasteiger partial charge in [0.1, 0.15) is 0 Å². The van der Waals surface area contributed by atoms with Gasteiger partial charge in [0.15, 0.2) is 0 Å². The summed E-state index contributed by atoms with van der Waals surface area (Å²) in [5, 5.41) is 2.94. The molecule has 1 N–H and O–H groups in total. The van der Waals surface area contributed by atoms with Gasteiger partial charge in [0.2, 0.25) is 0 Å². The van der Waals surface area contributed by atoms with Gasteiger partial charge in [-0.15, -0.1) is 11.3 Å². The molecule has 3 rings (SSSR count). The van der Waals surface area contributed by atoms with E-state index in [1.54, 1.807) is 0 Å². The number of benzene rings is 1. The normalized spacial score (nSPS) is 15.7. The van der Waals surface area contributed by atoms with Gasteiger partial charge in [-0.1, -0.05) is 0 Å². The predicted octanol–water partition coefficient (Wildman–Crippen LogP) is 4.28. The molecule has 1 amide bonds. The van der Waals surface area contributed by atoms with Crippen molar-refractivity contribution in [1.29, 1.82) is 0 Å². The van der Waals surface area contributed by atoms with Crippen molar-refractivity contribution in [3.63, 3.8) is 0 Å². The van der Waals surface area contributed by atoms with Crippen molar-refractivity contribution in [3.05, 3.63) is 43.5 Å². The third-order valence-corrected chi connectivity index (χ3v) is 7.12. The van der Waals surface area contributed by atoms with E-state index in [4.69, 9.17) is 0 Å². The molecule has 0 radical (unpaired) electrons. The van der Waals surface area contributed by atoms with Gasteiger partial charge >= 0.3 is 0 Å². The number of anilines is 2. The van der Waals surface area contributed by atoms with E-state index in [-0.39, 0.29) is 5.91 Å². The van der Waals surface area contributed by atoms with Crippen molar-refractivity contribution >= 4 is 60.5 Å². The number of rotatable bonds is 3. The van der Waals surface area contributed by atoms with E-state index >= 15 is 0 Å². The first-order valence-corrected chi connectivity index (χ1v) is 9.73. The fraction of sp³-hybridized carbons (Fsp3) is 0.312. The first kappa shape index (κ1) is 17.0. The highest BCUT2D eigenvalue weighted by Gasteiger charge is 2.15. The summed E-state index contributed by atoms with van der Waals surface area (Å²) in [4.78, 5) is 17.6. The molecular weight excluding hydrogens is 442 g/mol. The molecule has 7 heteroatoms. The molecule has 2 aromatic rings. The molecule has 1 saturated heterocycles. The van der Waals surface area contributed by atoms with Gasteiger partial charge in [0.25, 0.3) is 5.91 Å². The molecule has 1 fully saturated rings. The summed E-state index contributed by atoms with van der Waals surface area (Å²) >= 11 is 8.23. The Morgan fingerprint density at radius 1 is 1.13 bits per heavy atom. The van der Waals surface area contributed by atoms with E-state index < -0.39 is 0 Å². The third kappa shape index (κ3) is 4.15. The summed E-state index contributed by atoms with van der Waals surface area (Å²) in [6.07, 6.45) is 0. The molecule has 23 heavy (non-hydrogen) atoms. The Balaban J connectivity index is 1.64. The zero-order valence-corrected chi connectivity index (χ0v) is 16.7. The van der Waals surface area contributed by atoms with E-state index in [0.29, 0.717) is 4.88 Å². The maximum Gasteiger partial charge on any atom is 0.265 e. The number of nitrogens with one attached hydrogen (secondary N) is 1. The average Bonchev–Trinajstić information content (AvgIpc) is 2.88. The van der Waals surface area contributed by atoms with Crippen LogP contribution in [0, 0.1) is 0 Å². The number of hydrogen-bond acceptors (Lipinski definition) is 4. The van der Waals surface area contributed by atoms with Crippen LogP contribution in [0.2, 0.25) is 0 Å². The van der Waals surface area contributed by atoms with Gasteiger partial charge in [0.05, 0.1) is 8.66 Å². The summed E-state index contributed by atoms with van der Waals surface area (Å²) < 4.78 is 1.83. The van der Waals surface area contributed by atoms with Crippen molar-refractivity contribution in [2.24, 2.45) is 0 Å². The van der Waals surface area contributed by atoms with Gasteiger partial charge in [-0.25, -0.2) is 0 Å². The summed E-state index contributed by atoms with van der Waals surface area (Å²) in [5.74, 6) is -0.0891. The third-order valence-electron chi connectivity index (χ3n) is 3.86. The predicted molar refractivity (Wildman–Crippen MR) is 104 cm³/mol. The molecule has 0 spiro atoms. The lowest BCUT2D eigenvalue weighted by atomic mass is 10.2. The molecule has 0 aliphatic carbocycles. The minimum absolute atomic E-state index is 0.0891. The number of nitrogens with zero attached hydrogens (tertiary/aromatic N) is 2. The maximum absolute atomic E-state index is 12.2. The van der Waals surface area contributed by atoms with Crippen molar-refractivity contribution in [2.75, 3.05) is 43.4 Å². The maximum atomic E-state index is 12.2. The highest BCUT2D eigenvalue weighted by atomic mass is 79.9. The van der Waals surface area contributed by atoms with Crippen LogP contribution in [0.3, 0.4) is 0 Å². The van der Waals surface area contributed by atoms with Gasteiger partial charge in [-0.2, -0.15) is 0 Å². The fourth-order valence-electron chi connectivity index (χ4n) is 2.47. The number of hydrogen-bond donors (Lipinski definition) is 1. The second kappa shape index (κ2) is 7.34. The Bertz CT molecular complexity index is 674. The van der Waals surface area contributed by atoms with Crippen LogP contribution in [0.5, 0.6) is 0 Å². The quantitative estimate of drug-likeness (QED) is 0.745. The SMILES string of the molecule is CN1CCN(c2ccc(NC(=O)c3cc(Br)c(Br)s3)cc2)CC1. The van der Waals surface area contributed by atoms with Crippen LogP contribution in [0.4, 0.5) is 11.4 Å². The van der Waals surface area contributed by atoms with E-state index in [1.165, 1.54) is 17.0 Å². The lowest BCUT2D eigenvalue weighted by molar-refractivity contribution is 0.103. The first-order valence-electron chi connectivity index (χ1n) is 7.32. The smallest absolute Gasteiger partial charge is 0.265 e. The average molecular weight is 459 g/mol. The summed E-state index contributed by atoms with van der Waals surface area (Å²) in [6.45, 7) is 4.25. The Morgan fingerprint density at radius 2 is 1.78 bits per heavy atom. The number of carbonyl (C=O) groups excluding carboxylic acids is 1. The first-order chi connectivity index (χ1) is 11.0. The van der Waals surface area contributed by atoms with Crippen LogP contribution in [-0.2, 0) is 0 Å². The standard InChI is InChI=1S/C16H17Br2N3OS/c1-20-6-8-21(9-7-20)12-4-2-11(3-5-12)19-16(22)14-10-13(17)15(18)23-14/h2-5,10H,6-9H2,1H3,(H,19,22). The number of piperazine rings is 1. The van der Waals surface area contributed by atoms with E-state index in [1.807, 2.05) is 18.2 Å². The Hall–Kier alpha value is -0.890. The molecule has 1 aliphatic rings. The number of halogens is 2. The minimum atomic E-state index is -0.0891. The van der Waals surface area contributed by atoms with Crippen LogP contribution >= 0.6 is 43.2 Å². The van der Waals surface area contributed by atoms with E-state index in [2.05, 4.69) is 66.2 Å². The Morgan fingerprint density at radius 3 is 2.35 bits per heavy atom. The van der Waals surface area contributed by atoms with Gasteiger partial charge in [-0.3, -0.25) is 4.79 Å². The molecule has 2 heterocycles. The van der Waals surface area contributed by atoms with E-state index in [0.717, 1.165) is 40.1 Å². The van der Waals surface area contributed by atoms with Gasteiger partial charge in [-0.05, 0) is 69.2 Å². The summed E-state index contributed by atoms with van der Waals surface area (Å²) in [7, 11) is 2.15. The molecule has 0 unspecified atom stereocenters. The highest BCUT2D eigenvalue weighted by molar-refractivity contribution is 9.13. The van der Waals surface area contributed by atoms with Gasteiger partial charge < -0.3 is 15.1 Å². The zero-order valence-electron chi connectivity index (χ0n) is 12.7. The number of amides is 1. The van der Waals surface area contributed by atoms with Crippen LogP contribution < -0.4 is 10.2 Å². The lowest BCUT2D eigenvalue weighted by Gasteiger charge is -2.34. The Kier molecular flexibility index (Phi) is 5.41. The molecule has 1 aliphatic heterocycles. The summed E-state index contributed by atoms with van der Waals surface area (Å²) in [5.41, 5.74) is 2.02. The fourth-order valence-corrected chi connectivity index (χ4v) is 4.40. The molecule has 0 saturated carbocycles. The number of likely N-dealkylation sites (N-methyl/N-ethyl adjacent to an activating group) is 1. The number of carbonyl (C=O) groups is 1. The van der Waals surface area contributed by atoms with Crippen molar-refractivity contribution in [3.8, 4) is 0 Å².